The summed E-state index contributed by atoms with van der Waals surface area (Å²) in [4.78, 5) is 0. The first-order chi connectivity index (χ1) is 11.2. The summed E-state index contributed by atoms with van der Waals surface area (Å²) in [5, 5.41) is 17.5. The molecule has 0 saturated carbocycles. The monoisotopic (exact) mass is 350 g/mol. The van der Waals surface area contributed by atoms with Crippen LogP contribution in [0.15, 0.2) is 0 Å². The number of halogens is 6. The smallest absolute Gasteiger partial charge is 0.371 e. The van der Waals surface area contributed by atoms with E-state index in [0.717, 1.165) is 6.07 Å². The fourth-order valence-corrected chi connectivity index (χ4v) is 2.31. The first-order valence-electron chi connectivity index (χ1n) is 6.52. The van der Waals surface area contributed by atoms with Crippen LogP contribution >= 0.6 is 0 Å². The van der Waals surface area contributed by atoms with Crippen molar-refractivity contribution in [1.82, 2.24) is 0 Å². The Kier molecular flexibility index (Phi) is 5.02. The number of ether oxygens (including phenoxy) is 2. The summed E-state index contributed by atoms with van der Waals surface area (Å²) in [7, 11) is 0. The van der Waals surface area contributed by atoms with E-state index < -0.39 is 72.2 Å². The van der Waals surface area contributed by atoms with Crippen LogP contribution in [0.3, 0.4) is 0 Å². The minimum absolute atomic E-state index is 0.417. The topological polar surface area (TPSA) is 66.0 Å². The van der Waals surface area contributed by atoms with Crippen molar-refractivity contribution in [2.24, 2.45) is 0 Å². The molecule has 4 nitrogen and oxygen atoms in total. The van der Waals surface area contributed by atoms with Crippen molar-refractivity contribution >= 4 is 0 Å². The minimum atomic E-state index is -4.82. The average molecular weight is 350 g/mol. The van der Waals surface area contributed by atoms with Crippen LogP contribution in [0.25, 0.3) is 0 Å². The van der Waals surface area contributed by atoms with Gasteiger partial charge in [0.2, 0.25) is 0 Å². The number of rotatable bonds is 1. The summed E-state index contributed by atoms with van der Waals surface area (Å²) < 4.78 is 90.2. The number of nitriles is 2. The highest BCUT2D eigenvalue weighted by atomic mass is 19.4. The molecule has 128 valence electrons. The molecule has 1 fully saturated rings. The van der Waals surface area contributed by atoms with Crippen molar-refractivity contribution in [2.45, 2.75) is 24.8 Å². The fraction of sp³-hybridized carbons (Fsp3) is 0.429. The van der Waals surface area contributed by atoms with E-state index in [1.54, 1.807) is 0 Å². The molecule has 1 aromatic carbocycles. The van der Waals surface area contributed by atoms with Crippen molar-refractivity contribution in [3.63, 3.8) is 0 Å². The highest BCUT2D eigenvalue weighted by Gasteiger charge is 2.45. The number of benzene rings is 1. The van der Waals surface area contributed by atoms with E-state index in [9.17, 15) is 26.3 Å². The van der Waals surface area contributed by atoms with E-state index in [-0.39, 0.29) is 0 Å². The van der Waals surface area contributed by atoms with E-state index in [1.807, 2.05) is 0 Å². The summed E-state index contributed by atoms with van der Waals surface area (Å²) in [5.41, 5.74) is -3.42. The van der Waals surface area contributed by atoms with Gasteiger partial charge in [-0.2, -0.15) is 23.7 Å². The molecule has 1 aliphatic heterocycles. The largest absolute Gasteiger partial charge is 0.414 e. The van der Waals surface area contributed by atoms with Gasteiger partial charge in [-0.25, -0.2) is 13.2 Å². The number of alkyl halides is 3. The van der Waals surface area contributed by atoms with Crippen LogP contribution < -0.4 is 0 Å². The van der Waals surface area contributed by atoms with Crippen LogP contribution in [-0.2, 0) is 9.47 Å². The van der Waals surface area contributed by atoms with Crippen molar-refractivity contribution in [3.05, 3.63) is 34.1 Å². The Morgan fingerprint density at radius 1 is 0.875 bits per heavy atom. The van der Waals surface area contributed by atoms with E-state index in [0.29, 0.717) is 0 Å². The number of hydrogen-bond acceptors (Lipinski definition) is 4. The molecular formula is C14H8F6N2O2. The van der Waals surface area contributed by atoms with Crippen LogP contribution in [-0.4, -0.2) is 25.5 Å². The molecule has 1 heterocycles. The van der Waals surface area contributed by atoms with Gasteiger partial charge in [-0.05, 0) is 0 Å². The second-order valence-electron chi connectivity index (χ2n) is 4.83. The van der Waals surface area contributed by atoms with Gasteiger partial charge in [0, 0.05) is 6.42 Å². The van der Waals surface area contributed by atoms with Gasteiger partial charge in [-0.1, -0.05) is 0 Å². The Labute approximate surface area is 131 Å². The van der Waals surface area contributed by atoms with Crippen LogP contribution in [0, 0.1) is 40.1 Å². The molecule has 0 amide bonds. The van der Waals surface area contributed by atoms with Gasteiger partial charge >= 0.3 is 6.18 Å². The van der Waals surface area contributed by atoms with Crippen molar-refractivity contribution in [2.75, 3.05) is 13.2 Å². The maximum Gasteiger partial charge on any atom is 0.414 e. The summed E-state index contributed by atoms with van der Waals surface area (Å²) in [6, 6.07) is 2.36. The third kappa shape index (κ3) is 3.16. The van der Waals surface area contributed by atoms with Gasteiger partial charge in [0.05, 0.1) is 24.9 Å². The van der Waals surface area contributed by atoms with Crippen molar-refractivity contribution in [1.29, 1.82) is 10.5 Å². The summed E-state index contributed by atoms with van der Waals surface area (Å²) in [6.07, 6.45) is -10.0. The van der Waals surface area contributed by atoms with Crippen LogP contribution in [0.2, 0.25) is 0 Å². The molecule has 2 unspecified atom stereocenters. The van der Waals surface area contributed by atoms with Crippen LogP contribution in [0.4, 0.5) is 26.3 Å². The van der Waals surface area contributed by atoms with Gasteiger partial charge < -0.3 is 9.47 Å². The molecule has 0 N–H and O–H groups in total. The second kappa shape index (κ2) is 6.67. The van der Waals surface area contributed by atoms with Crippen molar-refractivity contribution < 1.29 is 35.8 Å². The predicted octanol–water partition coefficient (Wildman–Crippen LogP) is 3.26. The van der Waals surface area contributed by atoms with Gasteiger partial charge in [-0.15, -0.1) is 0 Å². The highest BCUT2D eigenvalue weighted by Crippen LogP contribution is 2.38. The minimum Gasteiger partial charge on any atom is -0.371 e. The van der Waals surface area contributed by atoms with Gasteiger partial charge in [0.25, 0.3) is 0 Å². The molecule has 2 rings (SSSR count). The SMILES string of the molecule is N#Cc1c(F)c(F)c(C2CC(C(F)(F)F)OCCO2)c(F)c1C#N. The van der Waals surface area contributed by atoms with E-state index >= 15 is 0 Å². The summed E-state index contributed by atoms with van der Waals surface area (Å²) in [5.74, 6) is -5.31. The lowest BCUT2D eigenvalue weighted by Gasteiger charge is -2.23. The van der Waals surface area contributed by atoms with Gasteiger partial charge in [-0.3, -0.25) is 0 Å². The lowest BCUT2D eigenvalue weighted by Crippen LogP contribution is -2.32. The van der Waals surface area contributed by atoms with E-state index in [4.69, 9.17) is 15.3 Å². The summed E-state index contributed by atoms with van der Waals surface area (Å²) in [6.45, 7) is -0.895. The molecule has 0 spiro atoms. The first kappa shape index (κ1) is 18.0. The maximum absolute atomic E-state index is 14.3. The second-order valence-corrected chi connectivity index (χ2v) is 4.83. The number of hydrogen-bond donors (Lipinski definition) is 0. The zero-order valence-electron chi connectivity index (χ0n) is 11.8. The summed E-state index contributed by atoms with van der Waals surface area (Å²) >= 11 is 0. The molecular weight excluding hydrogens is 342 g/mol. The average Bonchev–Trinajstić information content (AvgIpc) is 2.76. The maximum atomic E-state index is 14.3. The fourth-order valence-electron chi connectivity index (χ4n) is 2.31. The molecule has 0 radical (unpaired) electrons. The Morgan fingerprint density at radius 3 is 1.96 bits per heavy atom. The zero-order chi connectivity index (χ0) is 18.1. The molecule has 0 aromatic heterocycles. The van der Waals surface area contributed by atoms with E-state index in [1.165, 1.54) is 6.07 Å². The Bertz CT molecular complexity index is 735. The van der Waals surface area contributed by atoms with Crippen molar-refractivity contribution in [3.8, 4) is 12.1 Å². The van der Waals surface area contributed by atoms with E-state index in [2.05, 4.69) is 4.74 Å². The third-order valence-electron chi connectivity index (χ3n) is 3.41. The standard InChI is InChI=1S/C14H8F6N2O2/c15-11-6(4-21)7(5-22)12(16)13(17)10(11)8-3-9(14(18,19)20)24-2-1-23-8/h8-9H,1-3H2. The Morgan fingerprint density at radius 2 is 1.42 bits per heavy atom. The zero-order valence-corrected chi connectivity index (χ0v) is 11.8. The quantitative estimate of drug-likeness (QED) is 0.576. The lowest BCUT2D eigenvalue weighted by atomic mass is 9.96. The molecule has 1 aliphatic rings. The molecule has 2 atom stereocenters. The lowest BCUT2D eigenvalue weighted by molar-refractivity contribution is -0.220. The predicted molar refractivity (Wildman–Crippen MR) is 64.9 cm³/mol. The van der Waals surface area contributed by atoms with Gasteiger partial charge in [0.1, 0.15) is 23.3 Å². The molecule has 0 bridgehead atoms. The Hall–Kier alpha value is -2.30. The third-order valence-corrected chi connectivity index (χ3v) is 3.41. The molecule has 1 aromatic rings. The normalized spacial score (nSPS) is 21.7. The van der Waals surface area contributed by atoms with Gasteiger partial charge in [0.15, 0.2) is 23.6 Å². The molecule has 10 heteroatoms. The highest BCUT2D eigenvalue weighted by molar-refractivity contribution is 5.50. The van der Waals surface area contributed by atoms with Crippen LogP contribution in [0.5, 0.6) is 0 Å². The molecule has 1 saturated heterocycles. The Balaban J connectivity index is 2.57. The molecule has 0 aliphatic carbocycles. The number of nitrogens with zero attached hydrogens (tertiary/aromatic N) is 2. The molecule has 24 heavy (non-hydrogen) atoms. The first-order valence-corrected chi connectivity index (χ1v) is 6.52. The van der Waals surface area contributed by atoms with Crippen LogP contribution in [0.1, 0.15) is 29.2 Å².